The highest BCUT2D eigenvalue weighted by Crippen LogP contribution is 2.17. The van der Waals surface area contributed by atoms with Crippen LogP contribution in [-0.2, 0) is 4.79 Å². The molecule has 0 aromatic carbocycles. The molecule has 19 heavy (non-hydrogen) atoms. The molecule has 2 fully saturated rings. The van der Waals surface area contributed by atoms with Gasteiger partial charge in [0.05, 0.1) is 6.54 Å². The molecule has 2 heterocycles. The van der Waals surface area contributed by atoms with Crippen molar-refractivity contribution in [3.8, 4) is 0 Å². The molecule has 1 N–H and O–H groups in total. The van der Waals surface area contributed by atoms with E-state index in [2.05, 4.69) is 29.1 Å². The smallest absolute Gasteiger partial charge is 0.236 e. The van der Waals surface area contributed by atoms with Gasteiger partial charge in [-0.25, -0.2) is 0 Å². The zero-order valence-corrected chi connectivity index (χ0v) is 12.5. The molecule has 2 aliphatic rings. The van der Waals surface area contributed by atoms with Crippen molar-refractivity contribution in [3.05, 3.63) is 0 Å². The maximum atomic E-state index is 12.3. The molecule has 1 amide bonds. The molecule has 4 nitrogen and oxygen atoms in total. The molecule has 0 aliphatic carbocycles. The van der Waals surface area contributed by atoms with Gasteiger partial charge in [0.2, 0.25) is 5.91 Å². The molecule has 2 saturated heterocycles. The maximum Gasteiger partial charge on any atom is 0.236 e. The van der Waals surface area contributed by atoms with Crippen molar-refractivity contribution >= 4 is 5.91 Å². The number of likely N-dealkylation sites (N-methyl/N-ethyl adjacent to an activating group) is 1. The summed E-state index contributed by atoms with van der Waals surface area (Å²) in [6.45, 7) is 7.01. The fraction of sp³-hybridized carbons (Fsp3) is 0.933. The number of hydrogen-bond donors (Lipinski definition) is 1. The third-order valence-corrected chi connectivity index (χ3v) is 4.69. The summed E-state index contributed by atoms with van der Waals surface area (Å²) in [6.07, 6.45) is 5.95. The van der Waals surface area contributed by atoms with Crippen LogP contribution in [0, 0.1) is 5.92 Å². The first kappa shape index (κ1) is 14.8. The van der Waals surface area contributed by atoms with Crippen LogP contribution in [0.15, 0.2) is 0 Å². The molecule has 2 rings (SSSR count). The van der Waals surface area contributed by atoms with Crippen molar-refractivity contribution in [2.24, 2.45) is 5.92 Å². The highest BCUT2D eigenvalue weighted by Gasteiger charge is 2.24. The van der Waals surface area contributed by atoms with Gasteiger partial charge in [-0.2, -0.15) is 0 Å². The predicted molar refractivity (Wildman–Crippen MR) is 78.1 cm³/mol. The van der Waals surface area contributed by atoms with E-state index in [-0.39, 0.29) is 0 Å². The summed E-state index contributed by atoms with van der Waals surface area (Å²) in [5.74, 6) is 1.11. The van der Waals surface area contributed by atoms with Crippen molar-refractivity contribution in [2.75, 3.05) is 39.8 Å². The Bertz CT molecular complexity index is 279. The minimum Gasteiger partial charge on any atom is -0.342 e. The molecule has 0 aromatic heterocycles. The third kappa shape index (κ3) is 4.46. The van der Waals surface area contributed by atoms with Gasteiger partial charge in [-0.15, -0.1) is 0 Å². The van der Waals surface area contributed by atoms with Crippen LogP contribution >= 0.6 is 0 Å². The molecule has 4 heteroatoms. The number of hydrogen-bond acceptors (Lipinski definition) is 3. The first-order chi connectivity index (χ1) is 9.16. The molecular weight excluding hydrogens is 238 g/mol. The van der Waals surface area contributed by atoms with E-state index < -0.39 is 0 Å². The Morgan fingerprint density at radius 3 is 2.68 bits per heavy atom. The summed E-state index contributed by atoms with van der Waals surface area (Å²) in [5, 5.41) is 3.43. The average molecular weight is 267 g/mol. The van der Waals surface area contributed by atoms with Crippen LogP contribution < -0.4 is 5.32 Å². The Hall–Kier alpha value is -0.610. The number of piperidine rings is 1. The van der Waals surface area contributed by atoms with Crippen LogP contribution in [0.3, 0.4) is 0 Å². The lowest BCUT2D eigenvalue weighted by Gasteiger charge is -2.33. The lowest BCUT2D eigenvalue weighted by atomic mass is 9.99. The van der Waals surface area contributed by atoms with Gasteiger partial charge in [-0.05, 0) is 58.2 Å². The van der Waals surface area contributed by atoms with E-state index in [0.717, 1.165) is 32.1 Å². The molecular formula is C15H29N3O. The van der Waals surface area contributed by atoms with Crippen molar-refractivity contribution in [1.82, 2.24) is 15.1 Å². The Kier molecular flexibility index (Phi) is 5.64. The Morgan fingerprint density at radius 2 is 1.95 bits per heavy atom. The first-order valence-corrected chi connectivity index (χ1v) is 7.85. The number of rotatable bonds is 3. The number of nitrogens with one attached hydrogen (secondary N) is 1. The van der Waals surface area contributed by atoms with Gasteiger partial charge in [0.1, 0.15) is 0 Å². The maximum absolute atomic E-state index is 12.3. The van der Waals surface area contributed by atoms with Crippen LogP contribution in [0.4, 0.5) is 0 Å². The minimum atomic E-state index is 0.326. The van der Waals surface area contributed by atoms with Crippen molar-refractivity contribution in [1.29, 1.82) is 0 Å². The fourth-order valence-corrected chi connectivity index (χ4v) is 3.14. The second-order valence-corrected chi connectivity index (χ2v) is 6.31. The summed E-state index contributed by atoms with van der Waals surface area (Å²) in [4.78, 5) is 16.6. The van der Waals surface area contributed by atoms with Crippen molar-refractivity contribution in [3.63, 3.8) is 0 Å². The fourth-order valence-electron chi connectivity index (χ4n) is 3.14. The molecule has 2 aliphatic heterocycles. The summed E-state index contributed by atoms with van der Waals surface area (Å²) < 4.78 is 0. The van der Waals surface area contributed by atoms with Crippen LogP contribution in [0.5, 0.6) is 0 Å². The van der Waals surface area contributed by atoms with Gasteiger partial charge in [-0.1, -0.05) is 6.92 Å². The summed E-state index contributed by atoms with van der Waals surface area (Å²) in [7, 11) is 2.11. The van der Waals surface area contributed by atoms with Gasteiger partial charge in [0.15, 0.2) is 0 Å². The standard InChI is InChI=1S/C15H29N3O/c1-13-6-10-18(11-7-13)15(19)12-17(2)14-4-3-8-16-9-5-14/h13-14,16H,3-12H2,1-2H3. The quantitative estimate of drug-likeness (QED) is 0.838. The number of amides is 1. The molecule has 0 aromatic rings. The van der Waals surface area contributed by atoms with E-state index in [9.17, 15) is 4.79 Å². The molecule has 0 saturated carbocycles. The van der Waals surface area contributed by atoms with Crippen molar-refractivity contribution in [2.45, 2.75) is 45.1 Å². The van der Waals surface area contributed by atoms with E-state index in [1.807, 2.05) is 0 Å². The first-order valence-electron chi connectivity index (χ1n) is 7.85. The average Bonchev–Trinajstić information content (AvgIpc) is 2.68. The van der Waals surface area contributed by atoms with E-state index >= 15 is 0 Å². The topological polar surface area (TPSA) is 35.6 Å². The Morgan fingerprint density at radius 1 is 1.21 bits per heavy atom. The molecule has 1 atom stereocenters. The molecule has 110 valence electrons. The van der Waals surface area contributed by atoms with Gasteiger partial charge in [0.25, 0.3) is 0 Å². The third-order valence-electron chi connectivity index (χ3n) is 4.69. The van der Waals surface area contributed by atoms with E-state index in [1.54, 1.807) is 0 Å². The zero-order valence-electron chi connectivity index (χ0n) is 12.5. The lowest BCUT2D eigenvalue weighted by molar-refractivity contribution is -0.134. The number of carbonyl (C=O) groups is 1. The molecule has 0 bridgehead atoms. The van der Waals surface area contributed by atoms with E-state index in [1.165, 1.54) is 32.1 Å². The summed E-state index contributed by atoms with van der Waals surface area (Å²) >= 11 is 0. The Balaban J connectivity index is 1.77. The normalized spacial score (nSPS) is 26.5. The van der Waals surface area contributed by atoms with E-state index in [4.69, 9.17) is 0 Å². The monoisotopic (exact) mass is 267 g/mol. The summed E-state index contributed by atoms with van der Waals surface area (Å²) in [5.41, 5.74) is 0. The molecule has 0 radical (unpaired) electrons. The van der Waals surface area contributed by atoms with Crippen LogP contribution in [0.2, 0.25) is 0 Å². The highest BCUT2D eigenvalue weighted by atomic mass is 16.2. The lowest BCUT2D eigenvalue weighted by Crippen LogP contribution is -2.45. The van der Waals surface area contributed by atoms with Gasteiger partial charge in [-0.3, -0.25) is 9.69 Å². The largest absolute Gasteiger partial charge is 0.342 e. The van der Waals surface area contributed by atoms with Gasteiger partial charge >= 0.3 is 0 Å². The highest BCUT2D eigenvalue weighted by molar-refractivity contribution is 5.78. The van der Waals surface area contributed by atoms with Gasteiger partial charge in [0, 0.05) is 19.1 Å². The predicted octanol–water partition coefficient (Wildman–Crippen LogP) is 1.32. The second kappa shape index (κ2) is 7.25. The Labute approximate surface area is 117 Å². The molecule has 0 spiro atoms. The van der Waals surface area contributed by atoms with Crippen LogP contribution in [-0.4, -0.2) is 61.5 Å². The number of nitrogens with zero attached hydrogens (tertiary/aromatic N) is 2. The van der Waals surface area contributed by atoms with E-state index in [0.29, 0.717) is 18.5 Å². The van der Waals surface area contributed by atoms with Crippen LogP contribution in [0.1, 0.15) is 39.0 Å². The van der Waals surface area contributed by atoms with Crippen LogP contribution in [0.25, 0.3) is 0 Å². The second-order valence-electron chi connectivity index (χ2n) is 6.31. The minimum absolute atomic E-state index is 0.326. The zero-order chi connectivity index (χ0) is 13.7. The van der Waals surface area contributed by atoms with Gasteiger partial charge < -0.3 is 10.2 Å². The number of carbonyl (C=O) groups excluding carboxylic acids is 1. The molecule has 1 unspecified atom stereocenters. The van der Waals surface area contributed by atoms with Crippen molar-refractivity contribution < 1.29 is 4.79 Å². The number of likely N-dealkylation sites (tertiary alicyclic amines) is 1. The SMILES string of the molecule is CC1CCN(C(=O)CN(C)C2CCCNCC2)CC1. The summed E-state index contributed by atoms with van der Waals surface area (Å²) in [6, 6.07) is 0.572.